The highest BCUT2D eigenvalue weighted by molar-refractivity contribution is 5.22. The second kappa shape index (κ2) is 6.93. The Morgan fingerprint density at radius 1 is 1.24 bits per heavy atom. The average molecular weight is 290 g/mol. The zero-order valence-corrected chi connectivity index (χ0v) is 13.7. The van der Waals surface area contributed by atoms with E-state index in [9.17, 15) is 0 Å². The van der Waals surface area contributed by atoms with Crippen LogP contribution in [-0.2, 0) is 19.5 Å². The molecule has 1 aliphatic heterocycles. The molecule has 1 aromatic rings. The van der Waals surface area contributed by atoms with E-state index < -0.39 is 0 Å². The summed E-state index contributed by atoms with van der Waals surface area (Å²) < 4.78 is 2.60. The Balaban J connectivity index is 1.73. The summed E-state index contributed by atoms with van der Waals surface area (Å²) in [4.78, 5) is 7.32. The Morgan fingerprint density at radius 3 is 2.81 bits per heavy atom. The molecule has 1 saturated carbocycles. The van der Waals surface area contributed by atoms with Gasteiger partial charge in [-0.2, -0.15) is 0 Å². The SMILES string of the molecule is CN(C)CCCCn1c(C2CCCC2)nc2c1CCNC2. The average Bonchev–Trinajstić information content (AvgIpc) is 3.11. The molecule has 1 fully saturated rings. The lowest BCUT2D eigenvalue weighted by Crippen LogP contribution is -2.25. The minimum Gasteiger partial charge on any atom is -0.331 e. The summed E-state index contributed by atoms with van der Waals surface area (Å²) in [5.74, 6) is 2.13. The van der Waals surface area contributed by atoms with Crippen molar-refractivity contribution in [3.63, 3.8) is 0 Å². The van der Waals surface area contributed by atoms with Crippen molar-refractivity contribution in [1.29, 1.82) is 0 Å². The molecule has 2 heterocycles. The Hall–Kier alpha value is -0.870. The van der Waals surface area contributed by atoms with Gasteiger partial charge >= 0.3 is 0 Å². The van der Waals surface area contributed by atoms with Gasteiger partial charge in [0, 0.05) is 37.7 Å². The number of unbranched alkanes of at least 4 members (excludes halogenated alkanes) is 1. The molecule has 0 aromatic carbocycles. The van der Waals surface area contributed by atoms with Crippen LogP contribution in [0.1, 0.15) is 61.7 Å². The minimum atomic E-state index is 0.726. The van der Waals surface area contributed by atoms with Crippen LogP contribution in [-0.4, -0.2) is 41.6 Å². The molecule has 4 nitrogen and oxygen atoms in total. The number of hydrogen-bond donors (Lipinski definition) is 1. The van der Waals surface area contributed by atoms with Crippen molar-refractivity contribution in [2.24, 2.45) is 0 Å². The number of rotatable bonds is 6. The van der Waals surface area contributed by atoms with E-state index in [1.165, 1.54) is 68.8 Å². The fourth-order valence-electron chi connectivity index (χ4n) is 3.83. The van der Waals surface area contributed by atoms with Crippen LogP contribution in [0, 0.1) is 0 Å². The highest BCUT2D eigenvalue weighted by Gasteiger charge is 2.26. The smallest absolute Gasteiger partial charge is 0.112 e. The zero-order valence-electron chi connectivity index (χ0n) is 13.7. The second-order valence-electron chi connectivity index (χ2n) is 6.93. The van der Waals surface area contributed by atoms with E-state index in [4.69, 9.17) is 4.98 Å². The largest absolute Gasteiger partial charge is 0.331 e. The summed E-state index contributed by atoms with van der Waals surface area (Å²) in [5.41, 5.74) is 2.86. The van der Waals surface area contributed by atoms with Gasteiger partial charge in [-0.15, -0.1) is 0 Å². The summed E-state index contributed by atoms with van der Waals surface area (Å²) in [5, 5.41) is 3.47. The lowest BCUT2D eigenvalue weighted by Gasteiger charge is -2.18. The first kappa shape index (κ1) is 15.0. The van der Waals surface area contributed by atoms with Gasteiger partial charge in [0.2, 0.25) is 0 Å². The van der Waals surface area contributed by atoms with Crippen molar-refractivity contribution < 1.29 is 0 Å². The Labute approximate surface area is 128 Å². The van der Waals surface area contributed by atoms with Crippen LogP contribution < -0.4 is 5.32 Å². The highest BCUT2D eigenvalue weighted by atomic mass is 15.1. The van der Waals surface area contributed by atoms with Crippen molar-refractivity contribution in [2.45, 2.75) is 64.0 Å². The number of imidazole rings is 1. The quantitative estimate of drug-likeness (QED) is 0.817. The maximum Gasteiger partial charge on any atom is 0.112 e. The van der Waals surface area contributed by atoms with Gasteiger partial charge in [-0.1, -0.05) is 12.8 Å². The summed E-state index contributed by atoms with van der Waals surface area (Å²) in [7, 11) is 4.32. The number of hydrogen-bond acceptors (Lipinski definition) is 3. The maximum absolute atomic E-state index is 5.04. The first-order valence-corrected chi connectivity index (χ1v) is 8.69. The Morgan fingerprint density at radius 2 is 2.05 bits per heavy atom. The van der Waals surface area contributed by atoms with Crippen LogP contribution >= 0.6 is 0 Å². The molecule has 0 spiro atoms. The van der Waals surface area contributed by atoms with E-state index in [2.05, 4.69) is 28.9 Å². The number of aromatic nitrogens is 2. The van der Waals surface area contributed by atoms with Crippen molar-refractivity contribution in [3.05, 3.63) is 17.2 Å². The molecule has 2 aliphatic rings. The summed E-state index contributed by atoms with van der Waals surface area (Å²) in [6, 6.07) is 0. The van der Waals surface area contributed by atoms with Gasteiger partial charge in [0.25, 0.3) is 0 Å². The van der Waals surface area contributed by atoms with Crippen LogP contribution in [0.5, 0.6) is 0 Å². The highest BCUT2D eigenvalue weighted by Crippen LogP contribution is 2.35. The van der Waals surface area contributed by atoms with E-state index in [0.717, 1.165) is 25.4 Å². The maximum atomic E-state index is 5.04. The van der Waals surface area contributed by atoms with Crippen LogP contribution in [0.15, 0.2) is 0 Å². The van der Waals surface area contributed by atoms with Crippen LogP contribution in [0.3, 0.4) is 0 Å². The molecule has 0 amide bonds. The van der Waals surface area contributed by atoms with Gasteiger partial charge in [0.1, 0.15) is 5.82 Å². The van der Waals surface area contributed by atoms with Crippen molar-refractivity contribution in [2.75, 3.05) is 27.2 Å². The van der Waals surface area contributed by atoms with Crippen LogP contribution in [0.25, 0.3) is 0 Å². The fraction of sp³-hybridized carbons (Fsp3) is 0.824. The van der Waals surface area contributed by atoms with Gasteiger partial charge in [-0.05, 0) is 46.3 Å². The monoisotopic (exact) mass is 290 g/mol. The number of fused-ring (bicyclic) bond motifs is 1. The topological polar surface area (TPSA) is 33.1 Å². The first-order chi connectivity index (χ1) is 10.3. The van der Waals surface area contributed by atoms with Gasteiger partial charge in [-0.3, -0.25) is 0 Å². The third kappa shape index (κ3) is 3.49. The third-order valence-electron chi connectivity index (χ3n) is 4.97. The van der Waals surface area contributed by atoms with Gasteiger partial charge in [-0.25, -0.2) is 4.98 Å². The van der Waals surface area contributed by atoms with E-state index in [1.54, 1.807) is 0 Å². The molecule has 0 unspecified atom stereocenters. The van der Waals surface area contributed by atoms with Gasteiger partial charge in [0.15, 0.2) is 0 Å². The minimum absolute atomic E-state index is 0.726. The van der Waals surface area contributed by atoms with E-state index in [0.29, 0.717) is 0 Å². The molecule has 21 heavy (non-hydrogen) atoms. The number of nitrogens with one attached hydrogen (secondary N) is 1. The molecule has 0 bridgehead atoms. The summed E-state index contributed by atoms with van der Waals surface area (Å²) in [6.07, 6.45) is 9.18. The van der Waals surface area contributed by atoms with Gasteiger partial charge in [0.05, 0.1) is 5.69 Å². The zero-order chi connectivity index (χ0) is 14.7. The first-order valence-electron chi connectivity index (χ1n) is 8.69. The normalized spacial score (nSPS) is 19.4. The van der Waals surface area contributed by atoms with Crippen molar-refractivity contribution in [3.8, 4) is 0 Å². The summed E-state index contributed by atoms with van der Waals surface area (Å²) in [6.45, 7) is 4.44. The predicted octanol–water partition coefficient (Wildman–Crippen LogP) is 2.53. The van der Waals surface area contributed by atoms with Crippen LogP contribution in [0.4, 0.5) is 0 Å². The van der Waals surface area contributed by atoms with E-state index in [-0.39, 0.29) is 0 Å². The molecular weight excluding hydrogens is 260 g/mol. The Kier molecular flexibility index (Phi) is 4.96. The Bertz CT molecular complexity index is 458. The molecule has 1 aromatic heterocycles. The van der Waals surface area contributed by atoms with Crippen LogP contribution in [0.2, 0.25) is 0 Å². The molecule has 3 rings (SSSR count). The molecule has 0 radical (unpaired) electrons. The molecule has 0 atom stereocenters. The lowest BCUT2D eigenvalue weighted by molar-refractivity contribution is 0.384. The lowest BCUT2D eigenvalue weighted by atomic mass is 10.1. The second-order valence-corrected chi connectivity index (χ2v) is 6.93. The van der Waals surface area contributed by atoms with E-state index in [1.807, 2.05) is 0 Å². The molecular formula is C17H30N4. The molecule has 1 N–H and O–H groups in total. The standard InChI is InChI=1S/C17H30N4/c1-20(2)11-5-6-12-21-16-9-10-18-13-15(16)19-17(21)14-7-3-4-8-14/h14,18H,3-13H2,1-2H3. The number of nitrogens with zero attached hydrogens (tertiary/aromatic N) is 3. The van der Waals surface area contributed by atoms with Crippen molar-refractivity contribution >= 4 is 0 Å². The molecule has 4 heteroatoms. The fourth-order valence-corrected chi connectivity index (χ4v) is 3.83. The van der Waals surface area contributed by atoms with E-state index >= 15 is 0 Å². The summed E-state index contributed by atoms with van der Waals surface area (Å²) >= 11 is 0. The predicted molar refractivity (Wildman–Crippen MR) is 86.6 cm³/mol. The van der Waals surface area contributed by atoms with Gasteiger partial charge < -0.3 is 14.8 Å². The molecule has 118 valence electrons. The van der Waals surface area contributed by atoms with Crippen molar-refractivity contribution in [1.82, 2.24) is 19.8 Å². The molecule has 1 aliphatic carbocycles. The third-order valence-corrected chi connectivity index (χ3v) is 4.97. The molecule has 0 saturated heterocycles.